The standard InChI is InChI=1S/C13H24N2O3/c1-9(2)8-15-11(16)10-4-6-13(14-3,7-5-10)12(17)18/h9-10,14H,4-8H2,1-3H3,(H,15,16)(H,17,18). The Kier molecular flexibility index (Phi) is 5.14. The zero-order chi connectivity index (χ0) is 13.8. The van der Waals surface area contributed by atoms with E-state index in [-0.39, 0.29) is 11.8 Å². The van der Waals surface area contributed by atoms with Crippen LogP contribution in [0.25, 0.3) is 0 Å². The van der Waals surface area contributed by atoms with Crippen LogP contribution >= 0.6 is 0 Å². The van der Waals surface area contributed by atoms with Gasteiger partial charge in [0.15, 0.2) is 0 Å². The van der Waals surface area contributed by atoms with Crippen LogP contribution in [0, 0.1) is 11.8 Å². The van der Waals surface area contributed by atoms with Crippen LogP contribution in [0.2, 0.25) is 0 Å². The van der Waals surface area contributed by atoms with E-state index in [2.05, 4.69) is 24.5 Å². The minimum absolute atomic E-state index is 0.0374. The molecule has 5 heteroatoms. The lowest BCUT2D eigenvalue weighted by Crippen LogP contribution is -2.53. The molecule has 1 fully saturated rings. The molecule has 0 aromatic rings. The molecule has 0 aromatic carbocycles. The first-order valence-electron chi connectivity index (χ1n) is 6.61. The van der Waals surface area contributed by atoms with Crippen LogP contribution in [-0.2, 0) is 9.59 Å². The predicted octanol–water partition coefficient (Wildman–Crippen LogP) is 0.992. The first kappa shape index (κ1) is 15.0. The van der Waals surface area contributed by atoms with E-state index < -0.39 is 11.5 Å². The Labute approximate surface area is 108 Å². The lowest BCUT2D eigenvalue weighted by molar-refractivity contribution is -0.147. The minimum Gasteiger partial charge on any atom is -0.480 e. The Balaban J connectivity index is 2.48. The first-order valence-corrected chi connectivity index (χ1v) is 6.61. The van der Waals surface area contributed by atoms with Gasteiger partial charge < -0.3 is 15.7 Å². The Bertz CT molecular complexity index is 307. The summed E-state index contributed by atoms with van der Waals surface area (Å²) in [5.74, 6) is -0.345. The largest absolute Gasteiger partial charge is 0.480 e. The van der Waals surface area contributed by atoms with Gasteiger partial charge in [0.05, 0.1) is 0 Å². The molecule has 1 aliphatic carbocycles. The lowest BCUT2D eigenvalue weighted by Gasteiger charge is -2.36. The van der Waals surface area contributed by atoms with Gasteiger partial charge >= 0.3 is 5.97 Å². The molecule has 1 aliphatic rings. The zero-order valence-corrected chi connectivity index (χ0v) is 11.5. The number of amides is 1. The summed E-state index contributed by atoms with van der Waals surface area (Å²) >= 11 is 0. The smallest absolute Gasteiger partial charge is 0.323 e. The van der Waals surface area contributed by atoms with Crippen molar-refractivity contribution in [3.8, 4) is 0 Å². The molecule has 5 nitrogen and oxygen atoms in total. The summed E-state index contributed by atoms with van der Waals surface area (Å²) in [5.41, 5.74) is -0.838. The van der Waals surface area contributed by atoms with E-state index in [1.165, 1.54) is 0 Å². The topological polar surface area (TPSA) is 78.4 Å². The average molecular weight is 256 g/mol. The van der Waals surface area contributed by atoms with E-state index >= 15 is 0 Å². The highest BCUT2D eigenvalue weighted by atomic mass is 16.4. The molecule has 0 radical (unpaired) electrons. The molecule has 0 aliphatic heterocycles. The zero-order valence-electron chi connectivity index (χ0n) is 11.5. The summed E-state index contributed by atoms with van der Waals surface area (Å²) in [6.07, 6.45) is 2.30. The fourth-order valence-corrected chi connectivity index (χ4v) is 2.39. The number of carboxylic acid groups (broad SMARTS) is 1. The second-order valence-electron chi connectivity index (χ2n) is 5.55. The van der Waals surface area contributed by atoms with Crippen LogP contribution in [0.4, 0.5) is 0 Å². The van der Waals surface area contributed by atoms with Crippen LogP contribution in [0.3, 0.4) is 0 Å². The van der Waals surface area contributed by atoms with Gasteiger partial charge in [0.1, 0.15) is 5.54 Å². The maximum atomic E-state index is 11.9. The van der Waals surface area contributed by atoms with Crippen molar-refractivity contribution in [3.05, 3.63) is 0 Å². The monoisotopic (exact) mass is 256 g/mol. The molecule has 1 rings (SSSR count). The molecule has 1 saturated carbocycles. The van der Waals surface area contributed by atoms with E-state index in [9.17, 15) is 14.7 Å². The molecule has 0 saturated heterocycles. The van der Waals surface area contributed by atoms with Crippen molar-refractivity contribution in [1.29, 1.82) is 0 Å². The van der Waals surface area contributed by atoms with Crippen LogP contribution in [0.1, 0.15) is 39.5 Å². The number of rotatable bonds is 5. The van der Waals surface area contributed by atoms with Crippen molar-refractivity contribution in [1.82, 2.24) is 10.6 Å². The van der Waals surface area contributed by atoms with Gasteiger partial charge in [-0.2, -0.15) is 0 Å². The van der Waals surface area contributed by atoms with Crippen LogP contribution in [-0.4, -0.2) is 36.1 Å². The minimum atomic E-state index is -0.838. The van der Waals surface area contributed by atoms with Crippen molar-refractivity contribution in [3.63, 3.8) is 0 Å². The molecule has 0 bridgehead atoms. The van der Waals surface area contributed by atoms with E-state index in [0.29, 0.717) is 38.1 Å². The van der Waals surface area contributed by atoms with Gasteiger partial charge in [-0.05, 0) is 38.6 Å². The Morgan fingerprint density at radius 2 is 1.89 bits per heavy atom. The second-order valence-corrected chi connectivity index (χ2v) is 5.55. The number of nitrogens with one attached hydrogen (secondary N) is 2. The highest BCUT2D eigenvalue weighted by Gasteiger charge is 2.42. The van der Waals surface area contributed by atoms with Crippen molar-refractivity contribution in [2.24, 2.45) is 11.8 Å². The summed E-state index contributed by atoms with van der Waals surface area (Å²) in [7, 11) is 1.67. The molecule has 0 aromatic heterocycles. The molecular formula is C13H24N2O3. The molecule has 18 heavy (non-hydrogen) atoms. The van der Waals surface area contributed by atoms with Gasteiger partial charge in [0, 0.05) is 12.5 Å². The number of likely N-dealkylation sites (N-methyl/N-ethyl adjacent to an activating group) is 1. The average Bonchev–Trinajstić information content (AvgIpc) is 2.35. The maximum absolute atomic E-state index is 11.9. The summed E-state index contributed by atoms with van der Waals surface area (Å²) < 4.78 is 0. The van der Waals surface area contributed by atoms with Crippen molar-refractivity contribution in [2.45, 2.75) is 45.1 Å². The second kappa shape index (κ2) is 6.18. The van der Waals surface area contributed by atoms with Gasteiger partial charge in [-0.25, -0.2) is 0 Å². The van der Waals surface area contributed by atoms with E-state index in [4.69, 9.17) is 0 Å². The van der Waals surface area contributed by atoms with Crippen LogP contribution < -0.4 is 10.6 Å². The third-order valence-electron chi connectivity index (χ3n) is 3.78. The highest BCUT2D eigenvalue weighted by molar-refractivity contribution is 5.81. The highest BCUT2D eigenvalue weighted by Crippen LogP contribution is 2.32. The Hall–Kier alpha value is -1.10. The summed E-state index contributed by atoms with van der Waals surface area (Å²) in [4.78, 5) is 23.1. The van der Waals surface area contributed by atoms with Gasteiger partial charge in [0.25, 0.3) is 0 Å². The lowest BCUT2D eigenvalue weighted by atomic mass is 9.76. The number of carbonyl (C=O) groups is 2. The maximum Gasteiger partial charge on any atom is 0.323 e. The predicted molar refractivity (Wildman–Crippen MR) is 69.2 cm³/mol. The summed E-state index contributed by atoms with van der Waals surface area (Å²) in [5, 5.41) is 15.0. The van der Waals surface area contributed by atoms with Crippen molar-refractivity contribution < 1.29 is 14.7 Å². The molecule has 0 atom stereocenters. The molecule has 3 N–H and O–H groups in total. The van der Waals surface area contributed by atoms with E-state index in [1.807, 2.05) is 0 Å². The fraction of sp³-hybridized carbons (Fsp3) is 0.846. The Morgan fingerprint density at radius 3 is 2.28 bits per heavy atom. The third-order valence-corrected chi connectivity index (χ3v) is 3.78. The van der Waals surface area contributed by atoms with Gasteiger partial charge in [-0.1, -0.05) is 13.8 Å². The van der Waals surface area contributed by atoms with Gasteiger partial charge in [-0.3, -0.25) is 9.59 Å². The van der Waals surface area contributed by atoms with Gasteiger partial charge in [0.2, 0.25) is 5.91 Å². The Morgan fingerprint density at radius 1 is 1.33 bits per heavy atom. The van der Waals surface area contributed by atoms with E-state index in [1.54, 1.807) is 7.05 Å². The van der Waals surface area contributed by atoms with Crippen LogP contribution in [0.5, 0.6) is 0 Å². The van der Waals surface area contributed by atoms with Crippen LogP contribution in [0.15, 0.2) is 0 Å². The molecule has 0 heterocycles. The normalized spacial score (nSPS) is 28.1. The van der Waals surface area contributed by atoms with Crippen molar-refractivity contribution >= 4 is 11.9 Å². The summed E-state index contributed by atoms with van der Waals surface area (Å²) in [6.45, 7) is 4.79. The molecule has 0 spiro atoms. The molecule has 1 amide bonds. The molecule has 0 unspecified atom stereocenters. The number of hydrogen-bond donors (Lipinski definition) is 3. The molecule has 104 valence electrons. The number of aliphatic carboxylic acids is 1. The number of carboxylic acids is 1. The number of hydrogen-bond acceptors (Lipinski definition) is 3. The SMILES string of the molecule is CNC1(C(=O)O)CCC(C(=O)NCC(C)C)CC1. The number of carbonyl (C=O) groups excluding carboxylic acids is 1. The fourth-order valence-electron chi connectivity index (χ4n) is 2.39. The van der Waals surface area contributed by atoms with Crippen molar-refractivity contribution in [2.75, 3.05) is 13.6 Å². The van der Waals surface area contributed by atoms with Gasteiger partial charge in [-0.15, -0.1) is 0 Å². The first-order chi connectivity index (χ1) is 8.41. The summed E-state index contributed by atoms with van der Waals surface area (Å²) in [6, 6.07) is 0. The van der Waals surface area contributed by atoms with E-state index in [0.717, 1.165) is 0 Å². The molecular weight excluding hydrogens is 232 g/mol. The quantitative estimate of drug-likeness (QED) is 0.685. The third kappa shape index (κ3) is 3.45.